The molecule has 2 aliphatic rings. The highest BCUT2D eigenvalue weighted by atomic mass is 35.5. The van der Waals surface area contributed by atoms with Crippen molar-refractivity contribution in [3.63, 3.8) is 0 Å². The van der Waals surface area contributed by atoms with Crippen LogP contribution in [0.25, 0.3) is 0 Å². The van der Waals surface area contributed by atoms with Gasteiger partial charge in [0.1, 0.15) is 0 Å². The number of piperidine rings is 1. The van der Waals surface area contributed by atoms with E-state index in [4.69, 9.17) is 11.6 Å². The van der Waals surface area contributed by atoms with Gasteiger partial charge >= 0.3 is 5.97 Å². The van der Waals surface area contributed by atoms with E-state index in [1.165, 1.54) is 31.9 Å². The predicted molar refractivity (Wildman–Crippen MR) is 99.6 cm³/mol. The molecule has 1 aliphatic carbocycles. The number of hydrogen-bond acceptors (Lipinski definition) is 3. The van der Waals surface area contributed by atoms with Gasteiger partial charge in [0.05, 0.1) is 13.0 Å². The maximum atomic E-state index is 11.2. The molecule has 0 radical (unpaired) electrons. The Morgan fingerprint density at radius 1 is 1.28 bits per heavy atom. The van der Waals surface area contributed by atoms with E-state index in [0.29, 0.717) is 12.0 Å². The molecule has 2 unspecified atom stereocenters. The average Bonchev–Trinajstić information content (AvgIpc) is 2.60. The van der Waals surface area contributed by atoms with Crippen molar-refractivity contribution in [1.29, 1.82) is 0 Å². The zero-order valence-corrected chi connectivity index (χ0v) is 16.1. The third kappa shape index (κ3) is 4.97. The van der Waals surface area contributed by atoms with E-state index in [-0.39, 0.29) is 17.9 Å². The third-order valence-corrected chi connectivity index (χ3v) is 5.85. The van der Waals surface area contributed by atoms with E-state index in [0.717, 1.165) is 24.3 Å². The molecule has 3 rings (SSSR count). The number of methoxy groups -OCH3 is 1. The van der Waals surface area contributed by atoms with Gasteiger partial charge in [0.25, 0.3) is 0 Å². The lowest BCUT2D eigenvalue weighted by Gasteiger charge is -2.39. The molecule has 0 N–H and O–H groups in total. The second-order valence-corrected chi connectivity index (χ2v) is 7.81. The fraction of sp³-hybridized carbons (Fsp3) is 0.600. The van der Waals surface area contributed by atoms with Crippen LogP contribution in [0.3, 0.4) is 0 Å². The van der Waals surface area contributed by atoms with Gasteiger partial charge in [0.2, 0.25) is 6.41 Å². The lowest BCUT2D eigenvalue weighted by atomic mass is 9.66. The van der Waals surface area contributed by atoms with Crippen molar-refractivity contribution in [1.82, 2.24) is 4.90 Å². The Kier molecular flexibility index (Phi) is 6.88. The summed E-state index contributed by atoms with van der Waals surface area (Å²) in [6, 6.07) is 8.53. The number of hydrogen-bond donors (Lipinski definition) is 0. The van der Waals surface area contributed by atoms with E-state index >= 15 is 0 Å². The largest absolute Gasteiger partial charge is 0.469 e. The van der Waals surface area contributed by atoms with E-state index in [9.17, 15) is 9.59 Å². The number of carbonyl (C=O) groups is 2. The van der Waals surface area contributed by atoms with Crippen LogP contribution < -0.4 is 0 Å². The van der Waals surface area contributed by atoms with Gasteiger partial charge in [-0.05, 0) is 55.7 Å². The van der Waals surface area contributed by atoms with Crippen molar-refractivity contribution in [2.45, 2.75) is 57.4 Å². The van der Waals surface area contributed by atoms with E-state index in [2.05, 4.69) is 23.8 Å². The molecular formula is C20H28ClNO3. The van der Waals surface area contributed by atoms with Crippen LogP contribution in [0.4, 0.5) is 0 Å². The molecule has 0 bridgehead atoms. The smallest absolute Gasteiger partial charge is 0.310 e. The number of benzene rings is 1. The fourth-order valence-electron chi connectivity index (χ4n) is 3.49. The number of esters is 1. The molecule has 1 heterocycles. The lowest BCUT2D eigenvalue weighted by Crippen LogP contribution is -2.43. The summed E-state index contributed by atoms with van der Waals surface area (Å²) in [4.78, 5) is 23.4. The molecule has 4 nitrogen and oxygen atoms in total. The number of amides is 1. The van der Waals surface area contributed by atoms with Gasteiger partial charge in [-0.1, -0.05) is 37.1 Å². The maximum absolute atomic E-state index is 11.2. The third-order valence-electron chi connectivity index (χ3n) is 5.60. The first-order valence-corrected chi connectivity index (χ1v) is 9.32. The zero-order valence-electron chi connectivity index (χ0n) is 15.3. The molecule has 1 aromatic rings. The summed E-state index contributed by atoms with van der Waals surface area (Å²) in [6.45, 7) is 4.82. The molecule has 1 saturated heterocycles. The van der Waals surface area contributed by atoms with Crippen LogP contribution >= 0.6 is 11.6 Å². The highest BCUT2D eigenvalue weighted by Gasteiger charge is 2.33. The van der Waals surface area contributed by atoms with Crippen molar-refractivity contribution < 1.29 is 14.3 Å². The number of nitrogens with zero attached hydrogens (tertiary/aromatic N) is 1. The SMILES string of the molecule is CC1(c2ccc(Cl)cc2)CCC1.COC(=O)C1CCC(C)N(C=O)C1. The Bertz CT molecular complexity index is 583. The molecule has 1 saturated carbocycles. The van der Waals surface area contributed by atoms with Crippen LogP contribution in [0.1, 0.15) is 51.5 Å². The van der Waals surface area contributed by atoms with Crippen LogP contribution in [-0.4, -0.2) is 37.0 Å². The number of halogens is 1. The summed E-state index contributed by atoms with van der Waals surface area (Å²) >= 11 is 5.82. The minimum absolute atomic E-state index is 0.133. The molecule has 2 atom stereocenters. The number of ether oxygens (including phenoxy) is 1. The Morgan fingerprint density at radius 3 is 2.40 bits per heavy atom. The van der Waals surface area contributed by atoms with E-state index in [1.807, 2.05) is 19.1 Å². The minimum atomic E-state index is -0.209. The summed E-state index contributed by atoms with van der Waals surface area (Å²) in [5.41, 5.74) is 1.89. The average molecular weight is 366 g/mol. The summed E-state index contributed by atoms with van der Waals surface area (Å²) in [5, 5.41) is 0.835. The number of likely N-dealkylation sites (tertiary alicyclic amines) is 1. The first-order valence-electron chi connectivity index (χ1n) is 8.94. The summed E-state index contributed by atoms with van der Waals surface area (Å²) in [5.74, 6) is -0.342. The molecule has 1 amide bonds. The Labute approximate surface area is 155 Å². The molecule has 138 valence electrons. The Balaban J connectivity index is 0.000000181. The first-order chi connectivity index (χ1) is 11.9. The van der Waals surface area contributed by atoms with Crippen LogP contribution in [0.2, 0.25) is 5.02 Å². The van der Waals surface area contributed by atoms with Gasteiger partial charge < -0.3 is 9.64 Å². The van der Waals surface area contributed by atoms with Crippen molar-refractivity contribution in [2.75, 3.05) is 13.7 Å². The molecule has 1 aliphatic heterocycles. The molecule has 0 spiro atoms. The Hall–Kier alpha value is -1.55. The van der Waals surface area contributed by atoms with Gasteiger partial charge in [-0.25, -0.2) is 0 Å². The normalized spacial score (nSPS) is 24.4. The van der Waals surface area contributed by atoms with Crippen LogP contribution in [0, 0.1) is 5.92 Å². The molecular weight excluding hydrogens is 338 g/mol. The summed E-state index contributed by atoms with van der Waals surface area (Å²) in [7, 11) is 1.38. The standard InChI is InChI=1S/C11H13Cl.C9H15NO3/c1-11(7-2-8-11)9-3-5-10(12)6-4-9;1-7-3-4-8(9(12)13-2)5-10(7)6-11/h3-6H,2,7-8H2,1H3;6-8H,3-5H2,1-2H3. The zero-order chi connectivity index (χ0) is 18.4. The minimum Gasteiger partial charge on any atom is -0.469 e. The number of carbonyl (C=O) groups excluding carboxylic acids is 2. The van der Waals surface area contributed by atoms with Crippen molar-refractivity contribution >= 4 is 24.0 Å². The highest BCUT2D eigenvalue weighted by Crippen LogP contribution is 2.43. The van der Waals surface area contributed by atoms with Gasteiger partial charge in [0.15, 0.2) is 0 Å². The first kappa shape index (κ1) is 19.8. The van der Waals surface area contributed by atoms with Gasteiger partial charge in [0, 0.05) is 17.6 Å². The van der Waals surface area contributed by atoms with Crippen molar-refractivity contribution in [3.8, 4) is 0 Å². The maximum Gasteiger partial charge on any atom is 0.310 e. The van der Waals surface area contributed by atoms with Gasteiger partial charge in [-0.15, -0.1) is 0 Å². The molecule has 0 aromatic heterocycles. The van der Waals surface area contributed by atoms with Crippen molar-refractivity contribution in [3.05, 3.63) is 34.9 Å². The summed E-state index contributed by atoms with van der Waals surface area (Å²) in [6.07, 6.45) is 6.53. The van der Waals surface area contributed by atoms with E-state index in [1.54, 1.807) is 4.90 Å². The fourth-order valence-corrected chi connectivity index (χ4v) is 3.61. The van der Waals surface area contributed by atoms with Gasteiger partial charge in [-0.3, -0.25) is 9.59 Å². The summed E-state index contributed by atoms with van der Waals surface area (Å²) < 4.78 is 4.64. The quantitative estimate of drug-likeness (QED) is 0.595. The second-order valence-electron chi connectivity index (χ2n) is 7.37. The molecule has 5 heteroatoms. The predicted octanol–water partition coefficient (Wildman–Crippen LogP) is 4.20. The highest BCUT2D eigenvalue weighted by molar-refractivity contribution is 6.30. The van der Waals surface area contributed by atoms with Crippen molar-refractivity contribution in [2.24, 2.45) is 5.92 Å². The van der Waals surface area contributed by atoms with Crippen LogP contribution in [0.5, 0.6) is 0 Å². The Morgan fingerprint density at radius 2 is 1.92 bits per heavy atom. The van der Waals surface area contributed by atoms with Crippen LogP contribution in [0.15, 0.2) is 24.3 Å². The molecule has 25 heavy (non-hydrogen) atoms. The topological polar surface area (TPSA) is 46.6 Å². The van der Waals surface area contributed by atoms with Gasteiger partial charge in [-0.2, -0.15) is 0 Å². The van der Waals surface area contributed by atoms with Crippen LogP contribution in [-0.2, 0) is 19.7 Å². The molecule has 1 aromatic carbocycles. The number of rotatable bonds is 3. The van der Waals surface area contributed by atoms with E-state index < -0.39 is 0 Å². The monoisotopic (exact) mass is 365 g/mol. The second kappa shape index (κ2) is 8.70. The lowest BCUT2D eigenvalue weighted by molar-refractivity contribution is -0.148. The molecule has 2 fully saturated rings.